The van der Waals surface area contributed by atoms with Crippen LogP contribution in [0.15, 0.2) is 59.7 Å². The van der Waals surface area contributed by atoms with E-state index < -0.39 is 11.5 Å². The van der Waals surface area contributed by atoms with Gasteiger partial charge < -0.3 is 23.9 Å². The van der Waals surface area contributed by atoms with E-state index in [0.29, 0.717) is 48.7 Å². The van der Waals surface area contributed by atoms with Gasteiger partial charge in [0.15, 0.2) is 11.5 Å². The summed E-state index contributed by atoms with van der Waals surface area (Å²) < 4.78 is 16.6. The molecule has 3 aromatic rings. The third-order valence-corrected chi connectivity index (χ3v) is 8.08. The van der Waals surface area contributed by atoms with Crippen LogP contribution in [0.5, 0.6) is 17.2 Å². The fraction of sp³-hybridized carbons (Fsp3) is 0.387. The molecule has 0 aromatic heterocycles. The van der Waals surface area contributed by atoms with E-state index in [9.17, 15) is 9.59 Å². The zero-order chi connectivity index (χ0) is 27.7. The number of carbonyl (C=O) groups excluding carboxylic acids is 2. The van der Waals surface area contributed by atoms with Crippen molar-refractivity contribution in [2.75, 3.05) is 34.4 Å². The lowest BCUT2D eigenvalue weighted by Crippen LogP contribution is -2.50. The van der Waals surface area contributed by atoms with Crippen molar-refractivity contribution in [2.24, 2.45) is 10.5 Å². The normalized spacial score (nSPS) is 19.1. The number of ether oxygens (including phenoxy) is 3. The van der Waals surface area contributed by atoms with Crippen LogP contribution in [0.4, 0.5) is 0 Å². The van der Waals surface area contributed by atoms with Crippen molar-refractivity contribution in [1.82, 2.24) is 9.91 Å². The molecule has 1 atom stereocenters. The Bertz CT molecular complexity index is 1420. The summed E-state index contributed by atoms with van der Waals surface area (Å²) in [6.45, 7) is 5.24. The number of carbonyl (C=O) groups is 2. The monoisotopic (exact) mass is 529 g/mol. The van der Waals surface area contributed by atoms with Gasteiger partial charge in [-0.25, -0.2) is 0 Å². The smallest absolute Gasteiger partial charge is 0.257 e. The van der Waals surface area contributed by atoms with Crippen molar-refractivity contribution in [3.63, 3.8) is 0 Å². The fourth-order valence-electron chi connectivity index (χ4n) is 5.87. The third-order valence-electron chi connectivity index (χ3n) is 8.08. The first-order valence-electron chi connectivity index (χ1n) is 13.2. The molecule has 39 heavy (non-hydrogen) atoms. The van der Waals surface area contributed by atoms with E-state index in [-0.39, 0.29) is 11.9 Å². The minimum atomic E-state index is -0.507. The number of hydrogen-bond donors (Lipinski definition) is 0. The summed E-state index contributed by atoms with van der Waals surface area (Å²) in [4.78, 5) is 27.8. The molecule has 204 valence electrons. The highest BCUT2D eigenvalue weighted by molar-refractivity contribution is 6.08. The van der Waals surface area contributed by atoms with Crippen molar-refractivity contribution in [3.05, 3.63) is 65.7 Å². The number of rotatable bonds is 7. The Labute approximate surface area is 229 Å². The molecule has 1 unspecified atom stereocenters. The summed E-state index contributed by atoms with van der Waals surface area (Å²) in [6.07, 6.45) is 2.42. The van der Waals surface area contributed by atoms with Crippen LogP contribution < -0.4 is 14.2 Å². The molecule has 1 amide bonds. The van der Waals surface area contributed by atoms with E-state index >= 15 is 0 Å². The fourth-order valence-corrected chi connectivity index (χ4v) is 5.87. The van der Waals surface area contributed by atoms with Gasteiger partial charge in [-0.05, 0) is 42.5 Å². The first-order valence-corrected chi connectivity index (χ1v) is 13.2. The molecule has 0 spiro atoms. The van der Waals surface area contributed by atoms with Crippen LogP contribution in [0.25, 0.3) is 10.8 Å². The Morgan fingerprint density at radius 3 is 2.33 bits per heavy atom. The SMILES string of the molecule is COc1ccc(C2=NN(C3CCN(C(=O)c4ccc5ccccc5c4OC)CC3)C(C=O)C2(C)C)cc1OC. The van der Waals surface area contributed by atoms with Crippen LogP contribution in [0, 0.1) is 5.41 Å². The maximum atomic E-state index is 13.6. The molecule has 2 heterocycles. The number of hydrazone groups is 1. The first kappa shape index (κ1) is 26.5. The van der Waals surface area contributed by atoms with Crippen molar-refractivity contribution in [1.29, 1.82) is 0 Å². The Balaban J connectivity index is 1.36. The van der Waals surface area contributed by atoms with Gasteiger partial charge in [0.1, 0.15) is 18.1 Å². The highest BCUT2D eigenvalue weighted by Gasteiger charge is 2.47. The lowest BCUT2D eigenvalue weighted by molar-refractivity contribution is -0.115. The number of aldehydes is 1. The van der Waals surface area contributed by atoms with Crippen LogP contribution in [0.3, 0.4) is 0 Å². The summed E-state index contributed by atoms with van der Waals surface area (Å²) in [5.74, 6) is 1.82. The van der Waals surface area contributed by atoms with Crippen LogP contribution in [-0.2, 0) is 4.79 Å². The van der Waals surface area contributed by atoms with Gasteiger partial charge in [-0.1, -0.05) is 44.2 Å². The maximum absolute atomic E-state index is 13.6. The molecule has 0 N–H and O–H groups in total. The molecule has 1 saturated heterocycles. The van der Waals surface area contributed by atoms with Crippen LogP contribution >= 0.6 is 0 Å². The molecular formula is C31H35N3O5. The van der Waals surface area contributed by atoms with Crippen molar-refractivity contribution in [2.45, 2.75) is 38.8 Å². The van der Waals surface area contributed by atoms with E-state index in [1.165, 1.54) is 0 Å². The molecule has 0 aliphatic carbocycles. The number of likely N-dealkylation sites (tertiary alicyclic amines) is 1. The van der Waals surface area contributed by atoms with Crippen LogP contribution in [-0.4, -0.2) is 74.3 Å². The molecule has 8 heteroatoms. The molecule has 5 rings (SSSR count). The average Bonchev–Trinajstić information content (AvgIpc) is 3.25. The summed E-state index contributed by atoms with van der Waals surface area (Å²) in [5, 5.41) is 8.92. The number of methoxy groups -OCH3 is 3. The quantitative estimate of drug-likeness (QED) is 0.410. The lowest BCUT2D eigenvalue weighted by atomic mass is 9.78. The van der Waals surface area contributed by atoms with E-state index in [4.69, 9.17) is 19.3 Å². The number of benzene rings is 3. The van der Waals surface area contributed by atoms with Crippen LogP contribution in [0.2, 0.25) is 0 Å². The number of piperidine rings is 1. The predicted molar refractivity (Wildman–Crippen MR) is 151 cm³/mol. The lowest BCUT2D eigenvalue weighted by Gasteiger charge is -2.39. The summed E-state index contributed by atoms with van der Waals surface area (Å²) in [5.41, 5.74) is 1.78. The Morgan fingerprint density at radius 1 is 0.949 bits per heavy atom. The molecule has 2 aliphatic rings. The second-order valence-corrected chi connectivity index (χ2v) is 10.6. The zero-order valence-electron chi connectivity index (χ0n) is 23.1. The molecule has 0 saturated carbocycles. The van der Waals surface area contributed by atoms with E-state index in [1.54, 1.807) is 21.3 Å². The molecule has 8 nitrogen and oxygen atoms in total. The van der Waals surface area contributed by atoms with Gasteiger partial charge in [0.25, 0.3) is 5.91 Å². The van der Waals surface area contributed by atoms with Gasteiger partial charge in [0, 0.05) is 29.5 Å². The largest absolute Gasteiger partial charge is 0.495 e. The number of nitrogens with zero attached hydrogens (tertiary/aromatic N) is 3. The molecule has 3 aromatic carbocycles. The third kappa shape index (κ3) is 4.58. The Kier molecular flexibility index (Phi) is 7.21. The van der Waals surface area contributed by atoms with Crippen molar-refractivity contribution in [3.8, 4) is 17.2 Å². The second kappa shape index (κ2) is 10.6. The second-order valence-electron chi connectivity index (χ2n) is 10.6. The zero-order valence-corrected chi connectivity index (χ0v) is 23.1. The minimum Gasteiger partial charge on any atom is -0.495 e. The Hall–Kier alpha value is -4.07. The predicted octanol–water partition coefficient (Wildman–Crippen LogP) is 4.78. The van der Waals surface area contributed by atoms with Gasteiger partial charge in [0.2, 0.25) is 0 Å². The number of fused-ring (bicyclic) bond motifs is 1. The van der Waals surface area contributed by atoms with Gasteiger partial charge >= 0.3 is 0 Å². The summed E-state index contributed by atoms with van der Waals surface area (Å²) in [6, 6.07) is 17.1. The highest BCUT2D eigenvalue weighted by Crippen LogP contribution is 2.40. The van der Waals surface area contributed by atoms with E-state index in [0.717, 1.165) is 28.3 Å². The van der Waals surface area contributed by atoms with Gasteiger partial charge in [-0.3, -0.25) is 9.80 Å². The average molecular weight is 530 g/mol. The molecular weight excluding hydrogens is 494 g/mol. The Morgan fingerprint density at radius 2 is 1.67 bits per heavy atom. The van der Waals surface area contributed by atoms with E-state index in [2.05, 4.69) is 0 Å². The maximum Gasteiger partial charge on any atom is 0.257 e. The van der Waals surface area contributed by atoms with Crippen LogP contribution in [0.1, 0.15) is 42.6 Å². The summed E-state index contributed by atoms with van der Waals surface area (Å²) in [7, 11) is 4.81. The van der Waals surface area contributed by atoms with Gasteiger partial charge in [0.05, 0.1) is 38.6 Å². The molecule has 0 bridgehead atoms. The standard InChI is InChI=1S/C31H35N3O5/c1-31(2)27(19-35)34(32-29(31)21-11-13-25(37-3)26(18-21)38-4)22-14-16-33(17-15-22)30(36)24-12-10-20-8-6-7-9-23(20)28(24)39-5/h6-13,18-19,22,27H,14-17H2,1-5H3. The number of amides is 1. The number of hydrogen-bond acceptors (Lipinski definition) is 7. The van der Waals surface area contributed by atoms with Crippen molar-refractivity contribution >= 4 is 28.7 Å². The molecule has 1 fully saturated rings. The molecule has 0 radical (unpaired) electrons. The molecule has 2 aliphatic heterocycles. The summed E-state index contributed by atoms with van der Waals surface area (Å²) >= 11 is 0. The first-order chi connectivity index (χ1) is 18.8. The minimum absolute atomic E-state index is 0.0414. The highest BCUT2D eigenvalue weighted by atomic mass is 16.5. The van der Waals surface area contributed by atoms with E-state index in [1.807, 2.05) is 78.4 Å². The topological polar surface area (TPSA) is 80.7 Å². The van der Waals surface area contributed by atoms with Gasteiger partial charge in [-0.15, -0.1) is 0 Å². The van der Waals surface area contributed by atoms with Gasteiger partial charge in [-0.2, -0.15) is 5.10 Å². The van der Waals surface area contributed by atoms with Crippen molar-refractivity contribution < 1.29 is 23.8 Å².